The first kappa shape index (κ1) is 22.4. The number of benzene rings is 2. The van der Waals surface area contributed by atoms with E-state index in [0.717, 1.165) is 35.7 Å². The number of para-hydroxylation sites is 1. The van der Waals surface area contributed by atoms with E-state index in [4.69, 9.17) is 0 Å². The minimum atomic E-state index is 0.00155. The standard InChI is InChI=1S/C24H31N3O2S/c1-18-7-9-21(10-8-18)30-16-11-23(29)27-14-12-26(13-15-27)17-22(28)25-24-19(2)5-4-6-20(24)3/h4-10H,11-17H2,1-3H3,(H,25,28). The molecule has 0 atom stereocenters. The average Bonchev–Trinajstić information content (AvgIpc) is 2.73. The third-order valence-corrected chi connectivity index (χ3v) is 6.46. The molecule has 30 heavy (non-hydrogen) atoms. The maximum atomic E-state index is 12.5. The highest BCUT2D eigenvalue weighted by atomic mass is 32.2. The van der Waals surface area contributed by atoms with Crippen LogP contribution in [0.2, 0.25) is 0 Å². The number of piperazine rings is 1. The molecular weight excluding hydrogens is 394 g/mol. The maximum Gasteiger partial charge on any atom is 0.238 e. The zero-order valence-corrected chi connectivity index (χ0v) is 18.9. The molecule has 1 N–H and O–H groups in total. The SMILES string of the molecule is Cc1ccc(SCCC(=O)N2CCN(CC(=O)Nc3c(C)cccc3C)CC2)cc1. The number of nitrogens with zero attached hydrogens (tertiary/aromatic N) is 2. The van der Waals surface area contributed by atoms with Crippen LogP contribution < -0.4 is 5.32 Å². The van der Waals surface area contributed by atoms with Crippen molar-refractivity contribution >= 4 is 29.3 Å². The van der Waals surface area contributed by atoms with Crippen LogP contribution in [0, 0.1) is 20.8 Å². The summed E-state index contributed by atoms with van der Waals surface area (Å²) in [6.07, 6.45) is 0.547. The number of hydrogen-bond donors (Lipinski definition) is 1. The summed E-state index contributed by atoms with van der Waals surface area (Å²) in [6.45, 7) is 9.28. The minimum absolute atomic E-state index is 0.00155. The zero-order chi connectivity index (χ0) is 21.5. The van der Waals surface area contributed by atoms with Crippen molar-refractivity contribution < 1.29 is 9.59 Å². The molecule has 1 heterocycles. The monoisotopic (exact) mass is 425 g/mol. The molecule has 2 aromatic carbocycles. The molecule has 0 aromatic heterocycles. The number of thioether (sulfide) groups is 1. The van der Waals surface area contributed by atoms with Crippen molar-refractivity contribution in [1.82, 2.24) is 9.80 Å². The third kappa shape index (κ3) is 6.34. The van der Waals surface area contributed by atoms with E-state index in [9.17, 15) is 9.59 Å². The van der Waals surface area contributed by atoms with Crippen molar-refractivity contribution in [3.63, 3.8) is 0 Å². The Morgan fingerprint density at radius 2 is 1.57 bits per heavy atom. The summed E-state index contributed by atoms with van der Waals surface area (Å²) in [5.74, 6) is 0.997. The van der Waals surface area contributed by atoms with Gasteiger partial charge in [-0.1, -0.05) is 35.9 Å². The molecule has 1 fully saturated rings. The quantitative estimate of drug-likeness (QED) is 0.684. The largest absolute Gasteiger partial charge is 0.340 e. The van der Waals surface area contributed by atoms with Gasteiger partial charge in [-0.2, -0.15) is 0 Å². The van der Waals surface area contributed by atoms with Crippen LogP contribution in [0.3, 0.4) is 0 Å². The van der Waals surface area contributed by atoms with E-state index in [0.29, 0.717) is 26.1 Å². The molecule has 2 amide bonds. The van der Waals surface area contributed by atoms with E-state index in [1.165, 1.54) is 10.5 Å². The summed E-state index contributed by atoms with van der Waals surface area (Å²) in [6, 6.07) is 14.4. The molecule has 0 bridgehead atoms. The van der Waals surface area contributed by atoms with Gasteiger partial charge in [0.2, 0.25) is 11.8 Å². The number of nitrogens with one attached hydrogen (secondary N) is 1. The van der Waals surface area contributed by atoms with Gasteiger partial charge in [0, 0.05) is 48.9 Å². The Labute approximate surface area is 183 Å². The zero-order valence-electron chi connectivity index (χ0n) is 18.1. The summed E-state index contributed by atoms with van der Waals surface area (Å²) in [5, 5.41) is 3.04. The van der Waals surface area contributed by atoms with Crippen LogP contribution in [-0.2, 0) is 9.59 Å². The van der Waals surface area contributed by atoms with Crippen molar-refractivity contribution in [3.05, 3.63) is 59.2 Å². The Kier molecular flexibility index (Phi) is 7.94. The first-order valence-corrected chi connectivity index (χ1v) is 11.5. The molecule has 0 spiro atoms. The van der Waals surface area contributed by atoms with E-state index in [1.807, 2.05) is 36.9 Å². The lowest BCUT2D eigenvalue weighted by atomic mass is 10.1. The van der Waals surface area contributed by atoms with Crippen molar-refractivity contribution in [1.29, 1.82) is 0 Å². The molecule has 0 saturated carbocycles. The van der Waals surface area contributed by atoms with Gasteiger partial charge in [0.25, 0.3) is 0 Å². The van der Waals surface area contributed by atoms with Crippen LogP contribution in [0.5, 0.6) is 0 Å². The highest BCUT2D eigenvalue weighted by Crippen LogP contribution is 2.20. The van der Waals surface area contributed by atoms with E-state index in [1.54, 1.807) is 11.8 Å². The molecule has 6 heteroatoms. The summed E-state index contributed by atoms with van der Waals surface area (Å²) in [4.78, 5) is 30.2. The fourth-order valence-corrected chi connectivity index (χ4v) is 4.44. The summed E-state index contributed by atoms with van der Waals surface area (Å²) in [5.41, 5.74) is 4.29. The summed E-state index contributed by atoms with van der Waals surface area (Å²) < 4.78 is 0. The number of anilines is 1. The number of aryl methyl sites for hydroxylation is 3. The Balaban J connectivity index is 1.38. The molecule has 3 rings (SSSR count). The third-order valence-electron chi connectivity index (χ3n) is 5.44. The van der Waals surface area contributed by atoms with Crippen LogP contribution in [-0.4, -0.2) is 60.1 Å². The van der Waals surface area contributed by atoms with E-state index in [-0.39, 0.29) is 11.8 Å². The van der Waals surface area contributed by atoms with Crippen molar-refractivity contribution in [2.24, 2.45) is 0 Å². The van der Waals surface area contributed by atoms with Crippen LogP contribution in [0.1, 0.15) is 23.1 Å². The van der Waals surface area contributed by atoms with Crippen LogP contribution >= 0.6 is 11.8 Å². The highest BCUT2D eigenvalue weighted by molar-refractivity contribution is 7.99. The van der Waals surface area contributed by atoms with Gasteiger partial charge in [0.1, 0.15) is 0 Å². The van der Waals surface area contributed by atoms with E-state index >= 15 is 0 Å². The lowest BCUT2D eigenvalue weighted by Crippen LogP contribution is -2.50. The molecule has 2 aromatic rings. The maximum absolute atomic E-state index is 12.5. The van der Waals surface area contributed by atoms with Crippen LogP contribution in [0.15, 0.2) is 47.4 Å². The normalized spacial score (nSPS) is 14.6. The van der Waals surface area contributed by atoms with Gasteiger partial charge in [-0.15, -0.1) is 11.8 Å². The van der Waals surface area contributed by atoms with Crippen molar-refractivity contribution in [2.45, 2.75) is 32.1 Å². The molecule has 0 aliphatic carbocycles. The predicted molar refractivity (Wildman–Crippen MR) is 124 cm³/mol. The van der Waals surface area contributed by atoms with Gasteiger partial charge in [-0.25, -0.2) is 0 Å². The van der Waals surface area contributed by atoms with Gasteiger partial charge < -0.3 is 10.2 Å². The number of carbonyl (C=O) groups excluding carboxylic acids is 2. The topological polar surface area (TPSA) is 52.7 Å². The number of rotatable bonds is 7. The van der Waals surface area contributed by atoms with Gasteiger partial charge in [0.05, 0.1) is 6.54 Å². The Hall–Kier alpha value is -2.31. The Morgan fingerprint density at radius 3 is 2.20 bits per heavy atom. The first-order valence-electron chi connectivity index (χ1n) is 10.5. The second kappa shape index (κ2) is 10.6. The van der Waals surface area contributed by atoms with E-state index < -0.39 is 0 Å². The molecule has 1 saturated heterocycles. The smallest absolute Gasteiger partial charge is 0.238 e. The van der Waals surface area contributed by atoms with Crippen molar-refractivity contribution in [2.75, 3.05) is 43.8 Å². The van der Waals surface area contributed by atoms with E-state index in [2.05, 4.69) is 41.4 Å². The fourth-order valence-electron chi connectivity index (χ4n) is 3.60. The molecule has 160 valence electrons. The molecule has 1 aliphatic rings. The lowest BCUT2D eigenvalue weighted by Gasteiger charge is -2.34. The highest BCUT2D eigenvalue weighted by Gasteiger charge is 2.22. The summed E-state index contributed by atoms with van der Waals surface area (Å²) >= 11 is 1.72. The number of hydrogen-bond acceptors (Lipinski definition) is 4. The second-order valence-electron chi connectivity index (χ2n) is 7.88. The second-order valence-corrected chi connectivity index (χ2v) is 9.05. The molecule has 1 aliphatic heterocycles. The summed E-state index contributed by atoms with van der Waals surface area (Å²) in [7, 11) is 0. The molecule has 5 nitrogen and oxygen atoms in total. The molecular formula is C24H31N3O2S. The average molecular weight is 426 g/mol. The Bertz CT molecular complexity index is 854. The van der Waals surface area contributed by atoms with Gasteiger partial charge >= 0.3 is 0 Å². The van der Waals surface area contributed by atoms with Crippen molar-refractivity contribution in [3.8, 4) is 0 Å². The van der Waals surface area contributed by atoms with Gasteiger partial charge in [-0.3, -0.25) is 14.5 Å². The Morgan fingerprint density at radius 1 is 0.933 bits per heavy atom. The number of amides is 2. The predicted octanol–water partition coefficient (Wildman–Crippen LogP) is 3.88. The lowest BCUT2D eigenvalue weighted by molar-refractivity contribution is -0.132. The number of carbonyl (C=O) groups is 2. The van der Waals surface area contributed by atoms with Crippen LogP contribution in [0.4, 0.5) is 5.69 Å². The molecule has 0 unspecified atom stereocenters. The van der Waals surface area contributed by atoms with Gasteiger partial charge in [0.15, 0.2) is 0 Å². The molecule has 0 radical (unpaired) electrons. The first-order chi connectivity index (χ1) is 14.4. The fraction of sp³-hybridized carbons (Fsp3) is 0.417. The van der Waals surface area contributed by atoms with Crippen LogP contribution in [0.25, 0.3) is 0 Å². The van der Waals surface area contributed by atoms with Gasteiger partial charge in [-0.05, 0) is 44.0 Å². The minimum Gasteiger partial charge on any atom is -0.340 e.